The zero-order valence-electron chi connectivity index (χ0n) is 20.0. The standard InChI is InChI=1S/C26H26N4O4S2/c1-18-10-12-19(13-11-18)36(32,33)28-21-7-4-3-6-20(21)25(31)29-14-16-30(17-15-29)26-27-24-22(34-2)8-5-9-23(24)35-26/h3-13,28H,14-17H2,1-2H3. The van der Waals surface area contributed by atoms with Crippen molar-refractivity contribution >= 4 is 48.3 Å². The number of carbonyl (C=O) groups excluding carboxylic acids is 1. The summed E-state index contributed by atoms with van der Waals surface area (Å²) in [5.41, 5.74) is 2.40. The first-order valence-electron chi connectivity index (χ1n) is 11.5. The number of hydrogen-bond donors (Lipinski definition) is 1. The molecule has 1 N–H and O–H groups in total. The Bertz CT molecular complexity index is 1510. The first-order valence-corrected chi connectivity index (χ1v) is 13.8. The molecular weight excluding hydrogens is 496 g/mol. The molecule has 0 unspecified atom stereocenters. The average Bonchev–Trinajstić information content (AvgIpc) is 3.33. The van der Waals surface area contributed by atoms with Gasteiger partial charge in [0.1, 0.15) is 11.3 Å². The number of benzene rings is 3. The van der Waals surface area contributed by atoms with Crippen molar-refractivity contribution in [3.05, 3.63) is 77.9 Å². The normalized spacial score (nSPS) is 14.2. The lowest BCUT2D eigenvalue weighted by Gasteiger charge is -2.34. The van der Waals surface area contributed by atoms with Gasteiger partial charge in [0.15, 0.2) is 5.13 Å². The molecular formula is C26H26N4O4S2. The van der Waals surface area contributed by atoms with E-state index >= 15 is 0 Å². The molecule has 3 aromatic carbocycles. The predicted molar refractivity (Wildman–Crippen MR) is 143 cm³/mol. The van der Waals surface area contributed by atoms with E-state index in [1.807, 2.05) is 25.1 Å². The third-order valence-corrected chi connectivity index (χ3v) is 8.62. The number of nitrogens with zero attached hydrogens (tertiary/aromatic N) is 3. The molecule has 1 saturated heterocycles. The monoisotopic (exact) mass is 522 g/mol. The number of sulfonamides is 1. The Kier molecular flexibility index (Phi) is 6.55. The molecule has 0 atom stereocenters. The van der Waals surface area contributed by atoms with Gasteiger partial charge in [0.2, 0.25) is 0 Å². The first kappa shape index (κ1) is 24.1. The highest BCUT2D eigenvalue weighted by atomic mass is 32.2. The van der Waals surface area contributed by atoms with Crippen molar-refractivity contribution in [2.45, 2.75) is 11.8 Å². The van der Waals surface area contributed by atoms with Gasteiger partial charge in [-0.05, 0) is 43.3 Å². The summed E-state index contributed by atoms with van der Waals surface area (Å²) in [5.74, 6) is 0.538. The number of piperazine rings is 1. The van der Waals surface area contributed by atoms with E-state index in [1.165, 1.54) is 0 Å². The highest BCUT2D eigenvalue weighted by Gasteiger charge is 2.27. The van der Waals surface area contributed by atoms with Gasteiger partial charge in [0, 0.05) is 26.2 Å². The number of ether oxygens (including phenoxy) is 1. The fourth-order valence-electron chi connectivity index (χ4n) is 4.16. The maximum absolute atomic E-state index is 13.4. The van der Waals surface area contributed by atoms with Crippen LogP contribution in [-0.4, -0.2) is 57.5 Å². The van der Waals surface area contributed by atoms with E-state index in [4.69, 9.17) is 9.72 Å². The SMILES string of the molecule is COc1cccc2sc(N3CCN(C(=O)c4ccccc4NS(=O)(=O)c4ccc(C)cc4)CC3)nc12. The predicted octanol–water partition coefficient (Wildman–Crippen LogP) is 4.38. The van der Waals surface area contributed by atoms with Crippen molar-refractivity contribution in [2.75, 3.05) is 42.9 Å². The highest BCUT2D eigenvalue weighted by molar-refractivity contribution is 7.92. The van der Waals surface area contributed by atoms with Crippen molar-refractivity contribution in [1.82, 2.24) is 9.88 Å². The van der Waals surface area contributed by atoms with Crippen LogP contribution >= 0.6 is 11.3 Å². The van der Waals surface area contributed by atoms with Crippen LogP contribution in [-0.2, 0) is 10.0 Å². The van der Waals surface area contributed by atoms with Crippen molar-refractivity contribution in [1.29, 1.82) is 0 Å². The van der Waals surface area contributed by atoms with Crippen LogP contribution in [0.3, 0.4) is 0 Å². The van der Waals surface area contributed by atoms with E-state index in [2.05, 4.69) is 9.62 Å². The summed E-state index contributed by atoms with van der Waals surface area (Å²) >= 11 is 1.60. The van der Waals surface area contributed by atoms with E-state index < -0.39 is 10.0 Å². The van der Waals surface area contributed by atoms with Gasteiger partial charge in [-0.15, -0.1) is 0 Å². The second-order valence-corrected chi connectivity index (χ2v) is 11.2. The van der Waals surface area contributed by atoms with Crippen LogP contribution in [0.4, 0.5) is 10.8 Å². The largest absolute Gasteiger partial charge is 0.494 e. The first-order chi connectivity index (χ1) is 17.4. The summed E-state index contributed by atoms with van der Waals surface area (Å²) in [5, 5.41) is 0.896. The van der Waals surface area contributed by atoms with Gasteiger partial charge < -0.3 is 14.5 Å². The third-order valence-electron chi connectivity index (χ3n) is 6.16. The Hall–Kier alpha value is -3.63. The molecule has 2 heterocycles. The lowest BCUT2D eigenvalue weighted by Crippen LogP contribution is -2.48. The topological polar surface area (TPSA) is 91.8 Å². The lowest BCUT2D eigenvalue weighted by molar-refractivity contribution is 0.0748. The third kappa shape index (κ3) is 4.74. The minimum Gasteiger partial charge on any atom is -0.494 e. The van der Waals surface area contributed by atoms with Crippen LogP contribution in [0, 0.1) is 6.92 Å². The van der Waals surface area contributed by atoms with Crippen molar-refractivity contribution in [3.8, 4) is 5.75 Å². The van der Waals surface area contributed by atoms with Crippen LogP contribution in [0.1, 0.15) is 15.9 Å². The van der Waals surface area contributed by atoms with E-state index in [1.54, 1.807) is 71.9 Å². The van der Waals surface area contributed by atoms with Gasteiger partial charge in [-0.3, -0.25) is 9.52 Å². The van der Waals surface area contributed by atoms with E-state index in [0.717, 1.165) is 26.7 Å². The molecule has 8 nitrogen and oxygen atoms in total. The summed E-state index contributed by atoms with van der Waals surface area (Å²) in [6.45, 7) is 4.16. The minimum absolute atomic E-state index is 0.149. The van der Waals surface area contributed by atoms with Crippen LogP contribution in [0.15, 0.2) is 71.6 Å². The van der Waals surface area contributed by atoms with Gasteiger partial charge >= 0.3 is 0 Å². The molecule has 1 aliphatic heterocycles. The second kappa shape index (κ2) is 9.79. The van der Waals surface area contributed by atoms with Crippen molar-refractivity contribution < 1.29 is 17.9 Å². The average molecular weight is 523 g/mol. The number of fused-ring (bicyclic) bond motifs is 1. The molecule has 36 heavy (non-hydrogen) atoms. The molecule has 0 aliphatic carbocycles. The van der Waals surface area contributed by atoms with E-state index in [9.17, 15) is 13.2 Å². The van der Waals surface area contributed by atoms with Gasteiger partial charge in [-0.2, -0.15) is 0 Å². The van der Waals surface area contributed by atoms with E-state index in [-0.39, 0.29) is 16.5 Å². The van der Waals surface area contributed by atoms with Gasteiger partial charge in [-0.25, -0.2) is 13.4 Å². The van der Waals surface area contributed by atoms with Crippen molar-refractivity contribution in [2.24, 2.45) is 0 Å². The quantitative estimate of drug-likeness (QED) is 0.404. The molecule has 1 aromatic heterocycles. The fourth-order valence-corrected chi connectivity index (χ4v) is 6.28. The summed E-state index contributed by atoms with van der Waals surface area (Å²) in [6, 6.07) is 19.2. The van der Waals surface area contributed by atoms with E-state index in [0.29, 0.717) is 31.7 Å². The molecule has 186 valence electrons. The summed E-state index contributed by atoms with van der Waals surface area (Å²) in [4.78, 5) is 22.2. The Labute approximate surface area is 214 Å². The summed E-state index contributed by atoms with van der Waals surface area (Å²) in [7, 11) is -2.19. The fraction of sp³-hybridized carbons (Fsp3) is 0.231. The molecule has 4 aromatic rings. The molecule has 0 saturated carbocycles. The number of aryl methyl sites for hydroxylation is 1. The highest BCUT2D eigenvalue weighted by Crippen LogP contribution is 2.34. The number of hydrogen-bond acceptors (Lipinski definition) is 7. The van der Waals surface area contributed by atoms with Gasteiger partial charge in [-0.1, -0.05) is 47.2 Å². The van der Waals surface area contributed by atoms with Crippen LogP contribution in [0.2, 0.25) is 0 Å². The molecule has 0 bridgehead atoms. The Morgan fingerprint density at radius 1 is 0.972 bits per heavy atom. The zero-order chi connectivity index (χ0) is 25.3. The number of para-hydroxylation sites is 2. The molecule has 1 amide bonds. The molecule has 0 radical (unpaired) electrons. The number of aromatic nitrogens is 1. The summed E-state index contributed by atoms with van der Waals surface area (Å²) in [6.07, 6.45) is 0. The second-order valence-electron chi connectivity index (χ2n) is 8.55. The van der Waals surface area contributed by atoms with Gasteiger partial charge in [0.05, 0.1) is 28.0 Å². The Morgan fingerprint density at radius 3 is 2.42 bits per heavy atom. The zero-order valence-corrected chi connectivity index (χ0v) is 21.6. The van der Waals surface area contributed by atoms with Gasteiger partial charge in [0.25, 0.3) is 15.9 Å². The number of thiazole rings is 1. The van der Waals surface area contributed by atoms with Crippen LogP contribution in [0.5, 0.6) is 5.75 Å². The van der Waals surface area contributed by atoms with Crippen molar-refractivity contribution in [3.63, 3.8) is 0 Å². The maximum Gasteiger partial charge on any atom is 0.261 e. The molecule has 5 rings (SSSR count). The molecule has 0 spiro atoms. The molecule has 1 aliphatic rings. The Morgan fingerprint density at radius 2 is 1.69 bits per heavy atom. The molecule has 10 heteroatoms. The minimum atomic E-state index is -3.83. The number of amides is 1. The number of rotatable bonds is 6. The smallest absolute Gasteiger partial charge is 0.261 e. The lowest BCUT2D eigenvalue weighted by atomic mass is 10.1. The van der Waals surface area contributed by atoms with Crippen LogP contribution in [0.25, 0.3) is 10.2 Å². The maximum atomic E-state index is 13.4. The number of carbonyl (C=O) groups is 1. The molecule has 1 fully saturated rings. The number of nitrogens with one attached hydrogen (secondary N) is 1. The number of anilines is 2. The van der Waals surface area contributed by atoms with Crippen LogP contribution < -0.4 is 14.4 Å². The summed E-state index contributed by atoms with van der Waals surface area (Å²) < 4.78 is 34.9. The number of methoxy groups -OCH3 is 1. The Balaban J connectivity index is 1.30.